The molecule has 3 heteroatoms. The number of aromatic carboxylic acids is 1. The van der Waals surface area contributed by atoms with Crippen molar-refractivity contribution in [1.82, 2.24) is 0 Å². The quantitative estimate of drug-likeness (QED) is 0.637. The fraction of sp³-hybridized carbons (Fsp3) is 0. The Kier molecular flexibility index (Phi) is 1.67. The lowest BCUT2D eigenvalue weighted by Gasteiger charge is -1.92. The van der Waals surface area contributed by atoms with E-state index in [1.807, 2.05) is 0 Å². The summed E-state index contributed by atoms with van der Waals surface area (Å²) in [5.41, 5.74) is -0.321. The Labute approximate surface area is 56.9 Å². The first-order valence-corrected chi connectivity index (χ1v) is 2.60. The average molecular weight is 139 g/mol. The van der Waals surface area contributed by atoms with Gasteiger partial charge < -0.3 is 5.11 Å². The van der Waals surface area contributed by atoms with E-state index in [0.29, 0.717) is 0 Å². The van der Waals surface area contributed by atoms with Crippen LogP contribution in [-0.2, 0) is 0 Å². The summed E-state index contributed by atoms with van der Waals surface area (Å²) in [5.74, 6) is -2.01. The van der Waals surface area contributed by atoms with Crippen LogP contribution in [0.25, 0.3) is 0 Å². The molecule has 2 nitrogen and oxygen atoms in total. The van der Waals surface area contributed by atoms with Gasteiger partial charge >= 0.3 is 5.97 Å². The predicted octanol–water partition coefficient (Wildman–Crippen LogP) is 1.32. The molecule has 0 unspecified atom stereocenters. The molecular formula is C7H4FO2. The highest BCUT2D eigenvalue weighted by molar-refractivity contribution is 5.87. The van der Waals surface area contributed by atoms with Gasteiger partial charge in [-0.25, -0.2) is 9.18 Å². The second kappa shape index (κ2) is 2.47. The highest BCUT2D eigenvalue weighted by Crippen LogP contribution is 2.04. The molecule has 0 aliphatic rings. The number of carbonyl (C=O) groups is 1. The first-order chi connectivity index (χ1) is 4.72. The third-order valence-corrected chi connectivity index (χ3v) is 1.04. The Hall–Kier alpha value is -1.38. The van der Waals surface area contributed by atoms with Gasteiger partial charge in [0.2, 0.25) is 0 Å². The van der Waals surface area contributed by atoms with E-state index in [1.54, 1.807) is 0 Å². The van der Waals surface area contributed by atoms with Gasteiger partial charge in [0.25, 0.3) is 0 Å². The zero-order valence-corrected chi connectivity index (χ0v) is 4.97. The molecule has 10 heavy (non-hydrogen) atoms. The number of hydrogen-bond donors (Lipinski definition) is 1. The fourth-order valence-electron chi connectivity index (χ4n) is 0.584. The molecule has 0 bridgehead atoms. The van der Waals surface area contributed by atoms with Crippen molar-refractivity contribution in [3.8, 4) is 0 Å². The molecule has 0 aliphatic heterocycles. The Balaban J connectivity index is 3.15. The minimum Gasteiger partial charge on any atom is -0.478 e. The Bertz CT molecular complexity index is 258. The van der Waals surface area contributed by atoms with Gasteiger partial charge in [-0.3, -0.25) is 0 Å². The zero-order valence-electron chi connectivity index (χ0n) is 4.97. The van der Waals surface area contributed by atoms with Crippen LogP contribution in [0.1, 0.15) is 10.4 Å². The van der Waals surface area contributed by atoms with E-state index in [4.69, 9.17) is 5.11 Å². The monoisotopic (exact) mass is 139 g/mol. The molecule has 0 fully saturated rings. The predicted molar refractivity (Wildman–Crippen MR) is 32.2 cm³/mol. The third kappa shape index (κ3) is 1.13. The molecule has 0 saturated carbocycles. The minimum absolute atomic E-state index is 0.321. The summed E-state index contributed by atoms with van der Waals surface area (Å²) < 4.78 is 12.4. The summed E-state index contributed by atoms with van der Waals surface area (Å²) >= 11 is 0. The third-order valence-electron chi connectivity index (χ3n) is 1.04. The lowest BCUT2D eigenvalue weighted by Crippen LogP contribution is -1.98. The summed E-state index contributed by atoms with van der Waals surface area (Å²) in [6.45, 7) is 0. The van der Waals surface area contributed by atoms with Crippen LogP contribution in [0.4, 0.5) is 4.39 Å². The van der Waals surface area contributed by atoms with Crippen molar-refractivity contribution >= 4 is 5.97 Å². The minimum atomic E-state index is -1.26. The van der Waals surface area contributed by atoms with Crippen molar-refractivity contribution in [2.45, 2.75) is 0 Å². The number of benzene rings is 1. The van der Waals surface area contributed by atoms with Crippen LogP contribution in [-0.4, -0.2) is 11.1 Å². The van der Waals surface area contributed by atoms with Crippen LogP contribution >= 0.6 is 0 Å². The molecule has 0 heterocycles. The molecule has 0 aromatic heterocycles. The Morgan fingerprint density at radius 1 is 1.70 bits per heavy atom. The van der Waals surface area contributed by atoms with Crippen LogP contribution in [0, 0.1) is 11.9 Å². The number of hydrogen-bond acceptors (Lipinski definition) is 1. The van der Waals surface area contributed by atoms with E-state index >= 15 is 0 Å². The van der Waals surface area contributed by atoms with Gasteiger partial charge in [-0.1, -0.05) is 6.07 Å². The van der Waals surface area contributed by atoms with Crippen LogP contribution < -0.4 is 0 Å². The second-order valence-electron chi connectivity index (χ2n) is 1.71. The van der Waals surface area contributed by atoms with E-state index in [1.165, 1.54) is 6.07 Å². The molecular weight excluding hydrogens is 135 g/mol. The summed E-state index contributed by atoms with van der Waals surface area (Å²) in [5, 5.41) is 8.31. The molecule has 51 valence electrons. The molecule has 0 spiro atoms. The van der Waals surface area contributed by atoms with Crippen molar-refractivity contribution in [3.63, 3.8) is 0 Å². The first-order valence-electron chi connectivity index (χ1n) is 2.60. The molecule has 1 N–H and O–H groups in total. The van der Waals surface area contributed by atoms with Crippen molar-refractivity contribution in [2.24, 2.45) is 0 Å². The smallest absolute Gasteiger partial charge is 0.338 e. The maximum Gasteiger partial charge on any atom is 0.338 e. The molecule has 0 atom stereocenters. The lowest BCUT2D eigenvalue weighted by atomic mass is 10.2. The average Bonchev–Trinajstić information content (AvgIpc) is 1.88. The maximum atomic E-state index is 12.4. The molecule has 0 aliphatic carbocycles. The van der Waals surface area contributed by atoms with Gasteiger partial charge in [-0.15, -0.1) is 0 Å². The zero-order chi connectivity index (χ0) is 7.56. The molecule has 1 aromatic carbocycles. The van der Waals surface area contributed by atoms with Gasteiger partial charge in [0.1, 0.15) is 5.82 Å². The second-order valence-corrected chi connectivity index (χ2v) is 1.71. The summed E-state index contributed by atoms with van der Waals surface area (Å²) in [4.78, 5) is 10.2. The molecule has 0 saturated heterocycles. The topological polar surface area (TPSA) is 37.3 Å². The highest BCUT2D eigenvalue weighted by Gasteiger charge is 2.06. The van der Waals surface area contributed by atoms with Gasteiger partial charge in [-0.05, 0) is 18.2 Å². The highest BCUT2D eigenvalue weighted by atomic mass is 19.1. The van der Waals surface area contributed by atoms with E-state index in [-0.39, 0.29) is 5.56 Å². The molecule has 1 rings (SSSR count). The number of halogens is 1. The van der Waals surface area contributed by atoms with E-state index < -0.39 is 11.8 Å². The van der Waals surface area contributed by atoms with Crippen molar-refractivity contribution in [1.29, 1.82) is 0 Å². The first kappa shape index (κ1) is 6.74. The normalized spacial score (nSPS) is 9.30. The van der Waals surface area contributed by atoms with Crippen molar-refractivity contribution < 1.29 is 14.3 Å². The van der Waals surface area contributed by atoms with Crippen molar-refractivity contribution in [2.75, 3.05) is 0 Å². The number of carboxylic acids is 1. The van der Waals surface area contributed by atoms with Crippen LogP contribution in [0.5, 0.6) is 0 Å². The van der Waals surface area contributed by atoms with Gasteiger partial charge in [-0.2, -0.15) is 0 Å². The molecule has 1 radical (unpaired) electrons. The Morgan fingerprint density at radius 3 is 2.80 bits per heavy atom. The van der Waals surface area contributed by atoms with Crippen LogP contribution in [0.15, 0.2) is 18.2 Å². The SMILES string of the molecule is O=C(O)c1cc[c]cc1F. The Morgan fingerprint density at radius 2 is 2.40 bits per heavy atom. The van der Waals surface area contributed by atoms with Crippen LogP contribution in [0.3, 0.4) is 0 Å². The lowest BCUT2D eigenvalue weighted by molar-refractivity contribution is 0.0692. The van der Waals surface area contributed by atoms with Gasteiger partial charge in [0.05, 0.1) is 5.56 Å². The number of rotatable bonds is 1. The van der Waals surface area contributed by atoms with E-state index in [9.17, 15) is 9.18 Å². The molecule has 1 aromatic rings. The maximum absolute atomic E-state index is 12.4. The van der Waals surface area contributed by atoms with Gasteiger partial charge in [0.15, 0.2) is 0 Å². The van der Waals surface area contributed by atoms with E-state index in [0.717, 1.165) is 12.1 Å². The summed E-state index contributed by atoms with van der Waals surface area (Å²) in [7, 11) is 0. The largest absolute Gasteiger partial charge is 0.478 e. The van der Waals surface area contributed by atoms with Gasteiger partial charge in [0, 0.05) is 0 Å². The van der Waals surface area contributed by atoms with Crippen molar-refractivity contribution in [3.05, 3.63) is 35.6 Å². The number of carboxylic acid groups (broad SMARTS) is 1. The summed E-state index contributed by atoms with van der Waals surface area (Å²) in [6, 6.07) is 5.93. The van der Waals surface area contributed by atoms with E-state index in [2.05, 4.69) is 6.07 Å². The molecule has 0 amide bonds. The standard InChI is InChI=1S/C7H4FO2/c8-6-4-2-1-3-5(6)7(9)10/h1,3-4H,(H,9,10). The summed E-state index contributed by atoms with van der Waals surface area (Å²) in [6.07, 6.45) is 0. The van der Waals surface area contributed by atoms with Crippen LogP contribution in [0.2, 0.25) is 0 Å². The fourth-order valence-corrected chi connectivity index (χ4v) is 0.584.